The van der Waals surface area contributed by atoms with Gasteiger partial charge < -0.3 is 4.74 Å². The van der Waals surface area contributed by atoms with Crippen LogP contribution in [0.2, 0.25) is 5.02 Å². The second kappa shape index (κ2) is 5.36. The van der Waals surface area contributed by atoms with Crippen LogP contribution in [0.4, 0.5) is 0 Å². The van der Waals surface area contributed by atoms with Crippen LogP contribution in [0, 0.1) is 5.92 Å². The second-order valence-electron chi connectivity index (χ2n) is 4.34. The number of hydrogen-bond donors (Lipinski definition) is 1. The fourth-order valence-corrected chi connectivity index (χ4v) is 3.41. The van der Waals surface area contributed by atoms with Gasteiger partial charge in [0, 0.05) is 4.47 Å². The van der Waals surface area contributed by atoms with Crippen molar-refractivity contribution < 1.29 is 13.2 Å². The smallest absolute Gasteiger partial charge is 0.241 e. The first kappa shape index (κ1) is 14.1. The quantitative estimate of drug-likeness (QED) is 0.884. The van der Waals surface area contributed by atoms with Gasteiger partial charge in [0.1, 0.15) is 4.90 Å². The highest BCUT2D eigenvalue weighted by Crippen LogP contribution is 2.36. The Morgan fingerprint density at radius 3 is 2.67 bits per heavy atom. The van der Waals surface area contributed by atoms with E-state index in [1.54, 1.807) is 6.07 Å². The molecule has 0 spiro atoms. The van der Waals surface area contributed by atoms with E-state index in [1.807, 2.05) is 0 Å². The van der Waals surface area contributed by atoms with Crippen LogP contribution < -0.4 is 9.88 Å². The molecule has 100 valence electrons. The maximum Gasteiger partial charge on any atom is 0.241 e. The molecule has 0 aromatic heterocycles. The van der Waals surface area contributed by atoms with E-state index in [4.69, 9.17) is 21.5 Å². The third kappa shape index (κ3) is 3.60. The Balaban J connectivity index is 2.25. The van der Waals surface area contributed by atoms with E-state index >= 15 is 0 Å². The van der Waals surface area contributed by atoms with Crippen molar-refractivity contribution in [3.05, 3.63) is 21.6 Å². The van der Waals surface area contributed by atoms with Crippen molar-refractivity contribution in [2.45, 2.75) is 24.2 Å². The van der Waals surface area contributed by atoms with Gasteiger partial charge in [0.15, 0.2) is 5.75 Å². The number of sulfonamides is 1. The van der Waals surface area contributed by atoms with Crippen molar-refractivity contribution in [2.75, 3.05) is 6.61 Å². The number of rotatable bonds is 5. The lowest BCUT2D eigenvalue weighted by atomic mass is 10.3. The molecule has 18 heavy (non-hydrogen) atoms. The topological polar surface area (TPSA) is 69.4 Å². The number of ether oxygens (including phenoxy) is 1. The Kier molecular flexibility index (Phi) is 4.21. The highest BCUT2D eigenvalue weighted by Gasteiger charge is 2.23. The van der Waals surface area contributed by atoms with Crippen LogP contribution in [-0.4, -0.2) is 15.0 Å². The molecule has 1 aliphatic carbocycles. The summed E-state index contributed by atoms with van der Waals surface area (Å²) >= 11 is 9.18. The first-order valence-electron chi connectivity index (χ1n) is 5.52. The zero-order valence-electron chi connectivity index (χ0n) is 9.53. The van der Waals surface area contributed by atoms with Crippen molar-refractivity contribution in [1.29, 1.82) is 0 Å². The Morgan fingerprint density at radius 2 is 2.11 bits per heavy atom. The molecule has 0 heterocycles. The van der Waals surface area contributed by atoms with E-state index in [0.717, 1.165) is 6.42 Å². The highest BCUT2D eigenvalue weighted by atomic mass is 79.9. The fraction of sp³-hybridized carbons (Fsp3) is 0.455. The minimum atomic E-state index is -3.85. The van der Waals surface area contributed by atoms with Crippen molar-refractivity contribution in [3.8, 4) is 5.75 Å². The van der Waals surface area contributed by atoms with Crippen LogP contribution in [0.25, 0.3) is 0 Å². The second-order valence-corrected chi connectivity index (χ2v) is 7.19. The Morgan fingerprint density at radius 1 is 1.44 bits per heavy atom. The third-order valence-electron chi connectivity index (χ3n) is 2.75. The molecule has 1 aromatic rings. The summed E-state index contributed by atoms with van der Waals surface area (Å²) in [6, 6.07) is 2.98. The molecule has 1 aliphatic rings. The Hall–Kier alpha value is -0.300. The van der Waals surface area contributed by atoms with Crippen LogP contribution in [0.3, 0.4) is 0 Å². The standard InChI is InChI=1S/C11H13BrClNO3S/c12-8-5-9(13)11(10(6-8)18(14,15)16)17-4-3-7-1-2-7/h5-7H,1-4H2,(H2,14,15,16). The fourth-order valence-electron chi connectivity index (χ4n) is 1.62. The lowest BCUT2D eigenvalue weighted by molar-refractivity contribution is 0.295. The van der Waals surface area contributed by atoms with Crippen LogP contribution in [0.5, 0.6) is 5.75 Å². The average Bonchev–Trinajstić information content (AvgIpc) is 3.03. The number of primary sulfonamides is 1. The predicted molar refractivity (Wildman–Crippen MR) is 73.4 cm³/mol. The molecule has 7 heteroatoms. The first-order chi connectivity index (χ1) is 8.38. The summed E-state index contributed by atoms with van der Waals surface area (Å²) in [7, 11) is -3.85. The molecule has 4 nitrogen and oxygen atoms in total. The highest BCUT2D eigenvalue weighted by molar-refractivity contribution is 9.10. The summed E-state index contributed by atoms with van der Waals surface area (Å²) in [4.78, 5) is -0.0855. The SMILES string of the molecule is NS(=O)(=O)c1cc(Br)cc(Cl)c1OCCC1CC1. The number of nitrogens with two attached hydrogens (primary N) is 1. The zero-order chi connectivity index (χ0) is 13.3. The van der Waals surface area contributed by atoms with Crippen LogP contribution in [0.1, 0.15) is 19.3 Å². The minimum absolute atomic E-state index is 0.0855. The number of benzene rings is 1. The molecule has 1 fully saturated rings. The maximum atomic E-state index is 11.5. The molecular weight excluding hydrogens is 342 g/mol. The molecule has 0 radical (unpaired) electrons. The molecule has 0 atom stereocenters. The van der Waals surface area contributed by atoms with E-state index in [1.165, 1.54) is 18.9 Å². The van der Waals surface area contributed by atoms with E-state index in [9.17, 15) is 8.42 Å². The van der Waals surface area contributed by atoms with Gasteiger partial charge >= 0.3 is 0 Å². The number of hydrogen-bond acceptors (Lipinski definition) is 3. The monoisotopic (exact) mass is 353 g/mol. The van der Waals surface area contributed by atoms with Crippen LogP contribution >= 0.6 is 27.5 Å². The molecule has 0 saturated heterocycles. The Bertz CT molecular complexity index is 558. The largest absolute Gasteiger partial charge is 0.491 e. The summed E-state index contributed by atoms with van der Waals surface area (Å²) in [5.41, 5.74) is 0. The van der Waals surface area contributed by atoms with E-state index in [0.29, 0.717) is 17.0 Å². The molecule has 2 rings (SSSR count). The summed E-state index contributed by atoms with van der Waals surface area (Å²) in [6.45, 7) is 0.453. The van der Waals surface area contributed by atoms with Gasteiger partial charge in [-0.05, 0) is 24.5 Å². The van der Waals surface area contributed by atoms with Crippen molar-refractivity contribution in [3.63, 3.8) is 0 Å². The van der Waals surface area contributed by atoms with E-state index in [2.05, 4.69) is 15.9 Å². The maximum absolute atomic E-state index is 11.5. The van der Waals surface area contributed by atoms with Crippen molar-refractivity contribution in [1.82, 2.24) is 0 Å². The van der Waals surface area contributed by atoms with Gasteiger partial charge in [-0.25, -0.2) is 13.6 Å². The molecule has 0 unspecified atom stereocenters. The van der Waals surface area contributed by atoms with E-state index < -0.39 is 10.0 Å². The molecule has 1 saturated carbocycles. The average molecular weight is 355 g/mol. The van der Waals surface area contributed by atoms with Gasteiger partial charge in [-0.3, -0.25) is 0 Å². The summed E-state index contributed by atoms with van der Waals surface area (Å²) in [6.07, 6.45) is 3.36. The minimum Gasteiger partial charge on any atom is -0.491 e. The third-order valence-corrected chi connectivity index (χ3v) is 4.41. The van der Waals surface area contributed by atoms with Crippen molar-refractivity contribution >= 4 is 37.6 Å². The normalized spacial score (nSPS) is 15.7. The predicted octanol–water partition coefficient (Wildman–Crippen LogP) is 2.93. The Labute approximate surface area is 120 Å². The van der Waals surface area contributed by atoms with Gasteiger partial charge in [-0.1, -0.05) is 40.4 Å². The molecule has 2 N–H and O–H groups in total. The van der Waals surface area contributed by atoms with Gasteiger partial charge in [0.25, 0.3) is 0 Å². The van der Waals surface area contributed by atoms with Gasteiger partial charge in [0.05, 0.1) is 11.6 Å². The van der Waals surface area contributed by atoms with Crippen LogP contribution in [0.15, 0.2) is 21.5 Å². The van der Waals surface area contributed by atoms with Gasteiger partial charge in [-0.15, -0.1) is 0 Å². The van der Waals surface area contributed by atoms with E-state index in [-0.39, 0.29) is 15.7 Å². The molecule has 0 bridgehead atoms. The van der Waals surface area contributed by atoms with Crippen LogP contribution in [-0.2, 0) is 10.0 Å². The summed E-state index contributed by atoms with van der Waals surface area (Å²) in [5, 5.41) is 5.39. The van der Waals surface area contributed by atoms with Crippen molar-refractivity contribution in [2.24, 2.45) is 11.1 Å². The summed E-state index contributed by atoms with van der Waals surface area (Å²) in [5.74, 6) is 0.847. The first-order valence-corrected chi connectivity index (χ1v) is 8.24. The lowest BCUT2D eigenvalue weighted by Crippen LogP contribution is -2.14. The van der Waals surface area contributed by atoms with Gasteiger partial charge in [-0.2, -0.15) is 0 Å². The molecule has 0 amide bonds. The zero-order valence-corrected chi connectivity index (χ0v) is 12.7. The molecule has 1 aromatic carbocycles. The van der Waals surface area contributed by atoms with Gasteiger partial charge in [0.2, 0.25) is 10.0 Å². The lowest BCUT2D eigenvalue weighted by Gasteiger charge is -2.12. The molecule has 0 aliphatic heterocycles. The number of halogens is 2. The molecular formula is C11H13BrClNO3S. The summed E-state index contributed by atoms with van der Waals surface area (Å²) < 4.78 is 29.0.